The van der Waals surface area contributed by atoms with Crippen molar-refractivity contribution in [2.75, 3.05) is 0 Å². The third-order valence-corrected chi connectivity index (χ3v) is 1.59. The zero-order chi connectivity index (χ0) is 11.5. The quantitative estimate of drug-likeness (QED) is 0.746. The van der Waals surface area contributed by atoms with E-state index in [0.29, 0.717) is 0 Å². The largest absolute Gasteiger partial charge is 0.478 e. The summed E-state index contributed by atoms with van der Waals surface area (Å²) in [5, 5.41) is 15.8. The Morgan fingerprint density at radius 1 is 1.67 bits per heavy atom. The van der Waals surface area contributed by atoms with Crippen LogP contribution in [0.5, 0.6) is 5.88 Å². The van der Waals surface area contributed by atoms with E-state index in [1.54, 1.807) is 13.8 Å². The summed E-state index contributed by atoms with van der Waals surface area (Å²) >= 11 is 0. The average Bonchev–Trinajstić information content (AvgIpc) is 2.17. The molecular formula is C10H10N2O3. The van der Waals surface area contributed by atoms with Crippen LogP contribution in [0.25, 0.3) is 0 Å². The molecule has 5 nitrogen and oxygen atoms in total. The van der Waals surface area contributed by atoms with Crippen LogP contribution in [-0.2, 0) is 0 Å². The molecule has 0 fully saturated rings. The first-order valence-electron chi connectivity index (χ1n) is 4.17. The van der Waals surface area contributed by atoms with Crippen LogP contribution < -0.4 is 4.74 Å². The second kappa shape index (κ2) is 3.96. The lowest BCUT2D eigenvalue weighted by molar-refractivity contribution is 0.0694. The Kier molecular flexibility index (Phi) is 2.90. The summed E-state index contributed by atoms with van der Waals surface area (Å²) in [5.41, 5.74) is -0.834. The van der Waals surface area contributed by atoms with E-state index in [9.17, 15) is 4.79 Å². The minimum Gasteiger partial charge on any atom is -0.478 e. The molecule has 15 heavy (non-hydrogen) atoms. The Balaban J connectivity index is 2.93. The fourth-order valence-corrected chi connectivity index (χ4v) is 0.805. The van der Waals surface area contributed by atoms with Crippen molar-refractivity contribution in [1.82, 2.24) is 10.2 Å². The summed E-state index contributed by atoms with van der Waals surface area (Å²) in [6, 6.07) is 1.27. The van der Waals surface area contributed by atoms with Gasteiger partial charge in [0.05, 0.1) is 11.8 Å². The average molecular weight is 206 g/mol. The number of carboxylic acids is 1. The molecule has 0 unspecified atom stereocenters. The van der Waals surface area contributed by atoms with Gasteiger partial charge in [-0.05, 0) is 13.8 Å². The maximum absolute atomic E-state index is 10.6. The first-order valence-corrected chi connectivity index (χ1v) is 4.17. The molecule has 5 heteroatoms. The molecule has 0 saturated heterocycles. The lowest BCUT2D eigenvalue weighted by Gasteiger charge is -2.18. The number of aromatic nitrogens is 2. The SMILES string of the molecule is C#CC(C)(C)Oc1cc(C(=O)O)cnn1. The number of hydrogen-bond acceptors (Lipinski definition) is 4. The highest BCUT2D eigenvalue weighted by Crippen LogP contribution is 2.15. The van der Waals surface area contributed by atoms with Crippen molar-refractivity contribution in [2.24, 2.45) is 0 Å². The van der Waals surface area contributed by atoms with E-state index >= 15 is 0 Å². The topological polar surface area (TPSA) is 72.3 Å². The van der Waals surface area contributed by atoms with Crippen LogP contribution in [0.2, 0.25) is 0 Å². The fraction of sp³-hybridized carbons (Fsp3) is 0.300. The molecule has 0 spiro atoms. The third kappa shape index (κ3) is 2.95. The molecule has 1 aromatic rings. The minimum absolute atomic E-state index is 0.00724. The van der Waals surface area contributed by atoms with E-state index < -0.39 is 11.6 Å². The van der Waals surface area contributed by atoms with Crippen molar-refractivity contribution >= 4 is 5.97 Å². The Hall–Kier alpha value is -2.09. The van der Waals surface area contributed by atoms with Crippen LogP contribution in [0.1, 0.15) is 24.2 Å². The van der Waals surface area contributed by atoms with Gasteiger partial charge in [0.15, 0.2) is 5.60 Å². The van der Waals surface area contributed by atoms with Crippen molar-refractivity contribution in [1.29, 1.82) is 0 Å². The van der Waals surface area contributed by atoms with E-state index in [4.69, 9.17) is 16.3 Å². The Morgan fingerprint density at radius 3 is 2.87 bits per heavy atom. The molecule has 1 heterocycles. The number of carboxylic acid groups (broad SMARTS) is 1. The van der Waals surface area contributed by atoms with E-state index in [1.165, 1.54) is 6.07 Å². The molecule has 0 bridgehead atoms. The molecule has 78 valence electrons. The van der Waals surface area contributed by atoms with Gasteiger partial charge in [-0.25, -0.2) is 4.79 Å². The van der Waals surface area contributed by atoms with Gasteiger partial charge in [0.25, 0.3) is 0 Å². The van der Waals surface area contributed by atoms with Crippen LogP contribution >= 0.6 is 0 Å². The number of hydrogen-bond donors (Lipinski definition) is 1. The van der Waals surface area contributed by atoms with Crippen molar-refractivity contribution in [3.05, 3.63) is 17.8 Å². The number of ether oxygens (including phenoxy) is 1. The van der Waals surface area contributed by atoms with Crippen molar-refractivity contribution in [2.45, 2.75) is 19.4 Å². The fourth-order valence-electron chi connectivity index (χ4n) is 0.805. The maximum Gasteiger partial charge on any atom is 0.337 e. The Bertz CT molecular complexity index is 421. The van der Waals surface area contributed by atoms with Crippen LogP contribution in [0.4, 0.5) is 0 Å². The summed E-state index contributed by atoms with van der Waals surface area (Å²) in [6.07, 6.45) is 6.35. The monoisotopic (exact) mass is 206 g/mol. The first kappa shape index (κ1) is 11.0. The van der Waals surface area contributed by atoms with Gasteiger partial charge in [-0.3, -0.25) is 0 Å². The first-order chi connectivity index (χ1) is 6.94. The van der Waals surface area contributed by atoms with E-state index in [-0.39, 0.29) is 11.4 Å². The van der Waals surface area contributed by atoms with Crippen molar-refractivity contribution in [3.8, 4) is 18.2 Å². The number of aromatic carboxylic acids is 1. The highest BCUT2D eigenvalue weighted by Gasteiger charge is 2.17. The molecule has 1 N–H and O–H groups in total. The zero-order valence-corrected chi connectivity index (χ0v) is 8.39. The standard InChI is InChI=1S/C10H10N2O3/c1-4-10(2,3)15-8-5-7(9(13)14)6-11-12-8/h1,5-6H,2-3H3,(H,13,14). The predicted molar refractivity (Wildman–Crippen MR) is 52.5 cm³/mol. The summed E-state index contributed by atoms with van der Waals surface area (Å²) in [4.78, 5) is 10.6. The van der Waals surface area contributed by atoms with Crippen molar-refractivity contribution < 1.29 is 14.6 Å². The molecule has 0 aromatic carbocycles. The number of carbonyl (C=O) groups is 1. The molecule has 0 atom stereocenters. The number of rotatable bonds is 3. The summed E-state index contributed by atoms with van der Waals surface area (Å²) < 4.78 is 5.27. The summed E-state index contributed by atoms with van der Waals surface area (Å²) in [6.45, 7) is 3.34. The van der Waals surface area contributed by atoms with Gasteiger partial charge in [0, 0.05) is 6.07 Å². The highest BCUT2D eigenvalue weighted by molar-refractivity contribution is 5.87. The summed E-state index contributed by atoms with van der Waals surface area (Å²) in [7, 11) is 0. The van der Waals surface area contributed by atoms with Crippen LogP contribution in [0, 0.1) is 12.3 Å². The molecule has 0 saturated carbocycles. The third-order valence-electron chi connectivity index (χ3n) is 1.59. The highest BCUT2D eigenvalue weighted by atomic mass is 16.5. The van der Waals surface area contributed by atoms with E-state index in [1.807, 2.05) is 0 Å². The van der Waals surface area contributed by atoms with Gasteiger partial charge in [0.1, 0.15) is 0 Å². The second-order valence-corrected chi connectivity index (χ2v) is 3.34. The number of terminal acetylenes is 1. The maximum atomic E-state index is 10.6. The van der Waals surface area contributed by atoms with Gasteiger partial charge in [0.2, 0.25) is 5.88 Å². The minimum atomic E-state index is -1.09. The smallest absolute Gasteiger partial charge is 0.337 e. The van der Waals surface area contributed by atoms with E-state index in [2.05, 4.69) is 16.1 Å². The normalized spacial score (nSPS) is 10.5. The zero-order valence-electron chi connectivity index (χ0n) is 8.39. The Morgan fingerprint density at radius 2 is 2.33 bits per heavy atom. The molecule has 0 radical (unpaired) electrons. The van der Waals surface area contributed by atoms with Crippen LogP contribution in [-0.4, -0.2) is 26.9 Å². The van der Waals surface area contributed by atoms with Gasteiger partial charge in [-0.15, -0.1) is 11.5 Å². The van der Waals surface area contributed by atoms with Gasteiger partial charge in [-0.1, -0.05) is 5.92 Å². The van der Waals surface area contributed by atoms with Gasteiger partial charge >= 0.3 is 5.97 Å². The van der Waals surface area contributed by atoms with Crippen molar-refractivity contribution in [3.63, 3.8) is 0 Å². The van der Waals surface area contributed by atoms with Gasteiger partial charge in [-0.2, -0.15) is 5.10 Å². The summed E-state index contributed by atoms with van der Waals surface area (Å²) in [5.74, 6) is 1.41. The van der Waals surface area contributed by atoms with Crippen LogP contribution in [0.3, 0.4) is 0 Å². The molecule has 1 rings (SSSR count). The predicted octanol–water partition coefficient (Wildman–Crippen LogP) is 0.965. The lowest BCUT2D eigenvalue weighted by Crippen LogP contribution is -2.26. The van der Waals surface area contributed by atoms with E-state index in [0.717, 1.165) is 6.20 Å². The Labute approximate surface area is 87.1 Å². The molecule has 0 amide bonds. The molecular weight excluding hydrogens is 196 g/mol. The second-order valence-electron chi connectivity index (χ2n) is 3.34. The molecule has 0 aliphatic rings. The van der Waals surface area contributed by atoms with Crippen LogP contribution in [0.15, 0.2) is 12.3 Å². The molecule has 1 aromatic heterocycles. The van der Waals surface area contributed by atoms with Gasteiger partial charge < -0.3 is 9.84 Å². The number of nitrogens with zero attached hydrogens (tertiary/aromatic N) is 2. The molecule has 0 aliphatic carbocycles. The molecule has 0 aliphatic heterocycles. The lowest BCUT2D eigenvalue weighted by atomic mass is 10.1.